The molecule has 1 N–H and O–H groups in total. The molecule has 0 bridgehead atoms. The summed E-state index contributed by atoms with van der Waals surface area (Å²) < 4.78 is 17.5. The van der Waals surface area contributed by atoms with Gasteiger partial charge in [-0.2, -0.15) is 0 Å². The van der Waals surface area contributed by atoms with Crippen LogP contribution in [0.15, 0.2) is 63.5 Å². The summed E-state index contributed by atoms with van der Waals surface area (Å²) in [5.41, 5.74) is 5.02. The van der Waals surface area contributed by atoms with Crippen LogP contribution < -0.4 is 14.8 Å². The molecule has 7 heteroatoms. The summed E-state index contributed by atoms with van der Waals surface area (Å²) in [6.45, 7) is 3.96. The van der Waals surface area contributed by atoms with Gasteiger partial charge in [0.15, 0.2) is 12.2 Å². The first-order chi connectivity index (χ1) is 14.9. The van der Waals surface area contributed by atoms with Crippen molar-refractivity contribution in [1.29, 1.82) is 0 Å². The van der Waals surface area contributed by atoms with E-state index in [0.29, 0.717) is 28.4 Å². The normalized spacial score (nSPS) is 10.8. The Kier molecular flexibility index (Phi) is 5.95. The van der Waals surface area contributed by atoms with Crippen LogP contribution in [0.5, 0.6) is 11.5 Å². The molecule has 1 aromatic heterocycles. The van der Waals surface area contributed by atoms with Gasteiger partial charge in [-0.3, -0.25) is 4.79 Å². The number of amides is 1. The van der Waals surface area contributed by atoms with Gasteiger partial charge in [0.25, 0.3) is 5.91 Å². The lowest BCUT2D eigenvalue weighted by Crippen LogP contribution is -2.20. The summed E-state index contributed by atoms with van der Waals surface area (Å²) in [6.07, 6.45) is 0. The van der Waals surface area contributed by atoms with Gasteiger partial charge in [-0.25, -0.2) is 4.98 Å². The minimum absolute atomic E-state index is 0.0789. The lowest BCUT2D eigenvalue weighted by Gasteiger charge is -2.09. The number of hydrogen-bond donors (Lipinski definition) is 1. The third-order valence-corrected chi connectivity index (χ3v) is 5.54. The quantitative estimate of drug-likeness (QED) is 0.371. The van der Waals surface area contributed by atoms with Crippen LogP contribution >= 0.6 is 15.9 Å². The van der Waals surface area contributed by atoms with Crippen molar-refractivity contribution >= 4 is 38.6 Å². The largest absolute Gasteiger partial charge is 0.496 e. The number of aromatic nitrogens is 1. The van der Waals surface area contributed by atoms with Gasteiger partial charge < -0.3 is 19.2 Å². The molecule has 158 valence electrons. The predicted octanol–water partition coefficient (Wildman–Crippen LogP) is 5.90. The summed E-state index contributed by atoms with van der Waals surface area (Å²) in [5, 5.41) is 2.83. The number of halogens is 1. The zero-order valence-electron chi connectivity index (χ0n) is 17.4. The molecule has 0 spiro atoms. The number of ether oxygens (including phenoxy) is 2. The van der Waals surface area contributed by atoms with Crippen molar-refractivity contribution < 1.29 is 18.7 Å². The summed E-state index contributed by atoms with van der Waals surface area (Å²) >= 11 is 3.47. The van der Waals surface area contributed by atoms with Gasteiger partial charge >= 0.3 is 0 Å². The number of nitrogens with one attached hydrogen (secondary N) is 1. The Balaban J connectivity index is 1.45. The summed E-state index contributed by atoms with van der Waals surface area (Å²) in [4.78, 5) is 16.8. The molecule has 0 saturated carbocycles. The first kappa shape index (κ1) is 20.9. The Hall–Kier alpha value is -3.32. The average Bonchev–Trinajstić information content (AvgIpc) is 3.18. The van der Waals surface area contributed by atoms with E-state index in [1.165, 1.54) is 5.56 Å². The van der Waals surface area contributed by atoms with Crippen LogP contribution in [-0.2, 0) is 4.79 Å². The number of carbonyl (C=O) groups excluding carboxylic acids is 1. The number of benzene rings is 3. The molecule has 0 saturated heterocycles. The van der Waals surface area contributed by atoms with Gasteiger partial charge in [-0.15, -0.1) is 0 Å². The van der Waals surface area contributed by atoms with Crippen molar-refractivity contribution in [2.45, 2.75) is 13.8 Å². The van der Waals surface area contributed by atoms with Crippen LogP contribution in [0.4, 0.5) is 5.69 Å². The Morgan fingerprint density at radius 1 is 1.06 bits per heavy atom. The van der Waals surface area contributed by atoms with E-state index < -0.39 is 0 Å². The van der Waals surface area contributed by atoms with Crippen LogP contribution in [-0.4, -0.2) is 24.6 Å². The number of oxazole rings is 1. The Morgan fingerprint density at radius 3 is 2.65 bits per heavy atom. The van der Waals surface area contributed by atoms with Crippen molar-refractivity contribution in [2.24, 2.45) is 0 Å². The topological polar surface area (TPSA) is 73.6 Å². The number of carbonyl (C=O) groups is 1. The Labute approximate surface area is 188 Å². The maximum Gasteiger partial charge on any atom is 0.262 e. The number of anilines is 1. The molecule has 0 aliphatic heterocycles. The lowest BCUT2D eigenvalue weighted by molar-refractivity contribution is -0.118. The smallest absolute Gasteiger partial charge is 0.262 e. The molecular formula is C24H21BrN2O4. The average molecular weight is 481 g/mol. The zero-order chi connectivity index (χ0) is 22.0. The highest BCUT2D eigenvalue weighted by Crippen LogP contribution is 2.32. The third kappa shape index (κ3) is 4.72. The van der Waals surface area contributed by atoms with Crippen molar-refractivity contribution in [3.05, 3.63) is 70.2 Å². The van der Waals surface area contributed by atoms with Crippen LogP contribution in [0.1, 0.15) is 11.1 Å². The Bertz CT molecular complexity index is 1270. The van der Waals surface area contributed by atoms with Crippen molar-refractivity contribution in [1.82, 2.24) is 4.98 Å². The molecule has 1 heterocycles. The first-order valence-electron chi connectivity index (χ1n) is 9.67. The lowest BCUT2D eigenvalue weighted by atomic mass is 10.1. The van der Waals surface area contributed by atoms with Crippen molar-refractivity contribution in [2.75, 3.05) is 19.0 Å². The highest BCUT2D eigenvalue weighted by atomic mass is 79.9. The Morgan fingerprint density at radius 2 is 1.90 bits per heavy atom. The van der Waals surface area contributed by atoms with Crippen LogP contribution in [0.3, 0.4) is 0 Å². The van der Waals surface area contributed by atoms with Crippen LogP contribution in [0.2, 0.25) is 0 Å². The van der Waals surface area contributed by atoms with Gasteiger partial charge in [0.2, 0.25) is 5.89 Å². The fraction of sp³-hybridized carbons (Fsp3) is 0.167. The van der Waals surface area contributed by atoms with Gasteiger partial charge in [0.1, 0.15) is 17.0 Å². The molecule has 6 nitrogen and oxygen atoms in total. The molecule has 1 amide bonds. The second kappa shape index (κ2) is 8.81. The summed E-state index contributed by atoms with van der Waals surface area (Å²) in [6, 6.07) is 16.7. The number of nitrogens with zero attached hydrogens (tertiary/aromatic N) is 1. The van der Waals surface area contributed by atoms with Crippen LogP contribution in [0, 0.1) is 13.8 Å². The monoisotopic (exact) mass is 480 g/mol. The van der Waals surface area contributed by atoms with Gasteiger partial charge in [0, 0.05) is 11.3 Å². The molecular weight excluding hydrogens is 460 g/mol. The molecule has 3 aromatic carbocycles. The number of methoxy groups -OCH3 is 1. The maximum atomic E-state index is 12.3. The fourth-order valence-electron chi connectivity index (χ4n) is 3.08. The van der Waals surface area contributed by atoms with E-state index in [2.05, 4.69) is 26.2 Å². The third-order valence-electron chi connectivity index (χ3n) is 4.92. The minimum Gasteiger partial charge on any atom is -0.496 e. The minimum atomic E-state index is -0.250. The number of hydrogen-bond acceptors (Lipinski definition) is 5. The molecule has 0 fully saturated rings. The van der Waals surface area contributed by atoms with E-state index in [1.807, 2.05) is 50.2 Å². The van der Waals surface area contributed by atoms with Crippen molar-refractivity contribution in [3.8, 4) is 23.0 Å². The van der Waals surface area contributed by atoms with E-state index in [-0.39, 0.29) is 12.5 Å². The highest BCUT2D eigenvalue weighted by Gasteiger charge is 2.12. The second-order valence-corrected chi connectivity index (χ2v) is 7.99. The van der Waals surface area contributed by atoms with E-state index in [0.717, 1.165) is 21.3 Å². The molecule has 0 radical (unpaired) electrons. The number of aryl methyl sites for hydroxylation is 2. The summed E-state index contributed by atoms with van der Waals surface area (Å²) in [7, 11) is 1.61. The molecule has 31 heavy (non-hydrogen) atoms. The maximum absolute atomic E-state index is 12.3. The molecule has 4 aromatic rings. The number of fused-ring (bicyclic) bond motifs is 1. The second-order valence-electron chi connectivity index (χ2n) is 7.13. The molecule has 0 atom stereocenters. The van der Waals surface area contributed by atoms with Crippen LogP contribution in [0.25, 0.3) is 22.6 Å². The standard InChI is InChI=1S/C24H21BrN2O4/c1-14-4-7-18(10-15(14)2)30-13-23(28)26-17-6-9-22-20(12-17)27-24(31-22)16-5-8-21(29-3)19(25)11-16/h4-12H,13H2,1-3H3,(H,26,28). The van der Waals surface area contributed by atoms with E-state index in [1.54, 1.807) is 25.3 Å². The van der Waals surface area contributed by atoms with Gasteiger partial charge in [-0.1, -0.05) is 6.07 Å². The highest BCUT2D eigenvalue weighted by molar-refractivity contribution is 9.10. The van der Waals surface area contributed by atoms with E-state index >= 15 is 0 Å². The molecule has 0 unspecified atom stereocenters. The predicted molar refractivity (Wildman–Crippen MR) is 124 cm³/mol. The van der Waals surface area contributed by atoms with Gasteiger partial charge in [-0.05, 0) is 89.4 Å². The van der Waals surface area contributed by atoms with Gasteiger partial charge in [0.05, 0.1) is 11.6 Å². The van der Waals surface area contributed by atoms with E-state index in [4.69, 9.17) is 13.9 Å². The summed E-state index contributed by atoms with van der Waals surface area (Å²) in [5.74, 6) is 1.63. The zero-order valence-corrected chi connectivity index (χ0v) is 18.9. The fourth-order valence-corrected chi connectivity index (χ4v) is 3.62. The van der Waals surface area contributed by atoms with Crippen molar-refractivity contribution in [3.63, 3.8) is 0 Å². The SMILES string of the molecule is COc1ccc(-c2nc3cc(NC(=O)COc4ccc(C)c(C)c4)ccc3o2)cc1Br. The molecule has 4 rings (SSSR count). The molecule has 0 aliphatic carbocycles. The molecule has 0 aliphatic rings. The first-order valence-corrected chi connectivity index (χ1v) is 10.5. The van der Waals surface area contributed by atoms with E-state index in [9.17, 15) is 4.79 Å². The number of rotatable bonds is 6.